The number of H-pyrrole nitrogens is 1. The van der Waals surface area contributed by atoms with Crippen LogP contribution >= 0.6 is 0 Å². The van der Waals surface area contributed by atoms with Gasteiger partial charge in [0.2, 0.25) is 0 Å². The molecule has 108 valence electrons. The summed E-state index contributed by atoms with van der Waals surface area (Å²) in [6.07, 6.45) is 0. The Balaban J connectivity index is 2.46. The molecule has 0 saturated heterocycles. The molecule has 8 heteroatoms. The van der Waals surface area contributed by atoms with Gasteiger partial charge in [0.1, 0.15) is 10.6 Å². The highest BCUT2D eigenvalue weighted by atomic mass is 32.2. The van der Waals surface area contributed by atoms with Crippen molar-refractivity contribution in [2.24, 2.45) is 0 Å². The van der Waals surface area contributed by atoms with Crippen LogP contribution in [0.15, 0.2) is 23.1 Å². The number of rotatable bonds is 4. The van der Waals surface area contributed by atoms with E-state index in [2.05, 4.69) is 14.9 Å². The standard InChI is InChI=1S/C12H16N4O3S/c1-7-12(8(2)15-14-7)20(17,18)16-10-6-9(13)4-5-11(10)19-3/h4-6,16H,13H2,1-3H3,(H,14,15). The van der Waals surface area contributed by atoms with Crippen LogP contribution in [0.5, 0.6) is 5.75 Å². The smallest absolute Gasteiger partial charge is 0.265 e. The Morgan fingerprint density at radius 3 is 2.60 bits per heavy atom. The van der Waals surface area contributed by atoms with E-state index < -0.39 is 10.0 Å². The number of anilines is 2. The SMILES string of the molecule is COc1ccc(N)cc1NS(=O)(=O)c1c(C)n[nH]c1C. The van der Waals surface area contributed by atoms with E-state index in [0.29, 0.717) is 22.8 Å². The molecule has 7 nitrogen and oxygen atoms in total. The summed E-state index contributed by atoms with van der Waals surface area (Å²) >= 11 is 0. The molecule has 0 aliphatic heterocycles. The van der Waals surface area contributed by atoms with Crippen LogP contribution in [0.2, 0.25) is 0 Å². The zero-order valence-electron chi connectivity index (χ0n) is 11.4. The van der Waals surface area contributed by atoms with Gasteiger partial charge in [-0.2, -0.15) is 5.10 Å². The van der Waals surface area contributed by atoms with Gasteiger partial charge >= 0.3 is 0 Å². The number of nitrogens with two attached hydrogens (primary N) is 1. The van der Waals surface area contributed by atoms with E-state index in [1.807, 2.05) is 0 Å². The van der Waals surface area contributed by atoms with Crippen LogP contribution in [0.4, 0.5) is 11.4 Å². The van der Waals surface area contributed by atoms with Crippen molar-refractivity contribution in [2.45, 2.75) is 18.7 Å². The number of sulfonamides is 1. The third kappa shape index (κ3) is 2.55. The minimum absolute atomic E-state index is 0.127. The van der Waals surface area contributed by atoms with E-state index in [0.717, 1.165) is 0 Å². The molecule has 0 fully saturated rings. The van der Waals surface area contributed by atoms with E-state index in [-0.39, 0.29) is 10.6 Å². The summed E-state index contributed by atoms with van der Waals surface area (Å²) in [6, 6.07) is 4.73. The molecule has 0 aliphatic carbocycles. The first-order valence-electron chi connectivity index (χ1n) is 5.83. The van der Waals surface area contributed by atoms with Crippen LogP contribution in [-0.4, -0.2) is 25.7 Å². The van der Waals surface area contributed by atoms with Gasteiger partial charge in [0.05, 0.1) is 24.2 Å². The van der Waals surface area contributed by atoms with Gasteiger partial charge in [-0.05, 0) is 32.0 Å². The van der Waals surface area contributed by atoms with Gasteiger partial charge in [0, 0.05) is 5.69 Å². The maximum Gasteiger partial charge on any atom is 0.265 e. The second-order valence-corrected chi connectivity index (χ2v) is 5.95. The molecule has 1 heterocycles. The number of hydrogen-bond donors (Lipinski definition) is 3. The van der Waals surface area contributed by atoms with Crippen molar-refractivity contribution >= 4 is 21.4 Å². The Morgan fingerprint density at radius 1 is 1.35 bits per heavy atom. The maximum absolute atomic E-state index is 12.4. The van der Waals surface area contributed by atoms with Crippen LogP contribution in [0.3, 0.4) is 0 Å². The Morgan fingerprint density at radius 2 is 2.05 bits per heavy atom. The molecule has 0 saturated carbocycles. The summed E-state index contributed by atoms with van der Waals surface area (Å²) in [7, 11) is -2.30. The predicted molar refractivity (Wildman–Crippen MR) is 76.3 cm³/mol. The number of aryl methyl sites for hydroxylation is 2. The van der Waals surface area contributed by atoms with Gasteiger partial charge in [-0.3, -0.25) is 9.82 Å². The average Bonchev–Trinajstić information content (AvgIpc) is 2.69. The second kappa shape index (κ2) is 5.04. The van der Waals surface area contributed by atoms with Crippen molar-refractivity contribution < 1.29 is 13.2 Å². The molecular weight excluding hydrogens is 280 g/mol. The number of nitrogen functional groups attached to an aromatic ring is 1. The lowest BCUT2D eigenvalue weighted by Crippen LogP contribution is -2.15. The predicted octanol–water partition coefficient (Wildman–Crippen LogP) is 1.42. The molecule has 0 radical (unpaired) electrons. The van der Waals surface area contributed by atoms with Crippen molar-refractivity contribution in [3.8, 4) is 5.75 Å². The van der Waals surface area contributed by atoms with Crippen LogP contribution in [0, 0.1) is 13.8 Å². The van der Waals surface area contributed by atoms with Crippen LogP contribution < -0.4 is 15.2 Å². The van der Waals surface area contributed by atoms with Crippen molar-refractivity contribution in [2.75, 3.05) is 17.6 Å². The fourth-order valence-electron chi connectivity index (χ4n) is 1.94. The van der Waals surface area contributed by atoms with Gasteiger partial charge in [-0.25, -0.2) is 8.42 Å². The number of aromatic amines is 1. The first-order valence-corrected chi connectivity index (χ1v) is 7.31. The van der Waals surface area contributed by atoms with E-state index >= 15 is 0 Å². The van der Waals surface area contributed by atoms with Crippen molar-refractivity contribution in [3.63, 3.8) is 0 Å². The highest BCUT2D eigenvalue weighted by Gasteiger charge is 2.23. The van der Waals surface area contributed by atoms with Gasteiger partial charge in [-0.1, -0.05) is 0 Å². The lowest BCUT2D eigenvalue weighted by molar-refractivity contribution is 0.417. The topological polar surface area (TPSA) is 110 Å². The molecule has 20 heavy (non-hydrogen) atoms. The summed E-state index contributed by atoms with van der Waals surface area (Å²) in [4.78, 5) is 0.127. The fraction of sp³-hybridized carbons (Fsp3) is 0.250. The Labute approximate surface area is 117 Å². The number of hydrogen-bond acceptors (Lipinski definition) is 5. The molecule has 4 N–H and O–H groups in total. The average molecular weight is 296 g/mol. The maximum atomic E-state index is 12.4. The van der Waals surface area contributed by atoms with E-state index in [1.54, 1.807) is 26.0 Å². The molecule has 0 unspecified atom stereocenters. The van der Waals surface area contributed by atoms with Crippen LogP contribution in [0.25, 0.3) is 0 Å². The molecule has 0 atom stereocenters. The number of methoxy groups -OCH3 is 1. The van der Waals surface area contributed by atoms with Gasteiger partial charge in [0.15, 0.2) is 0 Å². The summed E-state index contributed by atoms with van der Waals surface area (Å²) in [5, 5.41) is 6.53. The highest BCUT2D eigenvalue weighted by molar-refractivity contribution is 7.92. The summed E-state index contributed by atoms with van der Waals surface area (Å²) in [5.41, 5.74) is 7.26. The van der Waals surface area contributed by atoms with E-state index in [9.17, 15) is 8.42 Å². The normalized spacial score (nSPS) is 11.3. The van der Waals surface area contributed by atoms with Crippen molar-refractivity contribution in [1.82, 2.24) is 10.2 Å². The number of nitrogens with one attached hydrogen (secondary N) is 2. The van der Waals surface area contributed by atoms with Crippen LogP contribution in [-0.2, 0) is 10.0 Å². The monoisotopic (exact) mass is 296 g/mol. The molecular formula is C12H16N4O3S. The Bertz CT molecular complexity index is 718. The summed E-state index contributed by atoms with van der Waals surface area (Å²) in [6.45, 7) is 3.26. The number of ether oxygens (including phenoxy) is 1. The molecule has 1 aromatic carbocycles. The molecule has 0 aliphatic rings. The minimum Gasteiger partial charge on any atom is -0.495 e. The lowest BCUT2D eigenvalue weighted by atomic mass is 10.2. The lowest BCUT2D eigenvalue weighted by Gasteiger charge is -2.12. The number of nitrogens with zero attached hydrogens (tertiary/aromatic N) is 1. The Hall–Kier alpha value is -2.22. The van der Waals surface area contributed by atoms with Crippen molar-refractivity contribution in [3.05, 3.63) is 29.6 Å². The third-order valence-corrected chi connectivity index (χ3v) is 4.42. The number of benzene rings is 1. The van der Waals surface area contributed by atoms with Crippen molar-refractivity contribution in [1.29, 1.82) is 0 Å². The zero-order valence-corrected chi connectivity index (χ0v) is 12.2. The minimum atomic E-state index is -3.76. The first-order chi connectivity index (χ1) is 9.35. The van der Waals surface area contributed by atoms with Gasteiger partial charge in [0.25, 0.3) is 10.0 Å². The number of aromatic nitrogens is 2. The highest BCUT2D eigenvalue weighted by Crippen LogP contribution is 2.29. The van der Waals surface area contributed by atoms with E-state index in [1.165, 1.54) is 13.2 Å². The zero-order chi connectivity index (χ0) is 14.9. The molecule has 2 aromatic rings. The van der Waals surface area contributed by atoms with Gasteiger partial charge < -0.3 is 10.5 Å². The second-order valence-electron chi connectivity index (χ2n) is 4.33. The molecule has 0 amide bonds. The molecule has 2 rings (SSSR count). The molecule has 0 bridgehead atoms. The molecule has 0 spiro atoms. The summed E-state index contributed by atoms with van der Waals surface area (Å²) < 4.78 is 32.4. The van der Waals surface area contributed by atoms with E-state index in [4.69, 9.17) is 10.5 Å². The van der Waals surface area contributed by atoms with Crippen LogP contribution in [0.1, 0.15) is 11.4 Å². The van der Waals surface area contributed by atoms with Gasteiger partial charge in [-0.15, -0.1) is 0 Å². The summed E-state index contributed by atoms with van der Waals surface area (Å²) in [5.74, 6) is 0.390. The molecule has 1 aromatic heterocycles. The first kappa shape index (κ1) is 14.2. The largest absolute Gasteiger partial charge is 0.495 e. The Kier molecular flexibility index (Phi) is 3.58. The quantitative estimate of drug-likeness (QED) is 0.739. The fourth-order valence-corrected chi connectivity index (χ4v) is 3.37. The third-order valence-electron chi connectivity index (χ3n) is 2.80.